The minimum atomic E-state index is 0.273. The molecule has 0 aromatic carbocycles. The standard InChI is InChI=1S/C14H22N2O2/c1-11-3-4-13(17)12(16-11)9-15-10-14(5-6-14)7-8-18-2/h3-4,15,17H,5-10H2,1-2H3. The van der Waals surface area contributed by atoms with Gasteiger partial charge in [0.05, 0.1) is 5.69 Å². The van der Waals surface area contributed by atoms with Crippen LogP contribution in [0.4, 0.5) is 0 Å². The lowest BCUT2D eigenvalue weighted by Crippen LogP contribution is -2.25. The molecule has 100 valence electrons. The Morgan fingerprint density at radius 3 is 2.89 bits per heavy atom. The Kier molecular flexibility index (Phi) is 4.19. The number of nitrogens with zero attached hydrogens (tertiary/aromatic N) is 1. The Balaban J connectivity index is 1.80. The largest absolute Gasteiger partial charge is 0.506 e. The zero-order valence-corrected chi connectivity index (χ0v) is 11.2. The molecule has 0 saturated heterocycles. The first kappa shape index (κ1) is 13.3. The van der Waals surface area contributed by atoms with Gasteiger partial charge >= 0.3 is 0 Å². The van der Waals surface area contributed by atoms with E-state index < -0.39 is 0 Å². The van der Waals surface area contributed by atoms with Gasteiger partial charge in [-0.15, -0.1) is 0 Å². The number of methoxy groups -OCH3 is 1. The van der Waals surface area contributed by atoms with E-state index in [2.05, 4.69) is 10.3 Å². The fraction of sp³-hybridized carbons (Fsp3) is 0.643. The van der Waals surface area contributed by atoms with E-state index in [-0.39, 0.29) is 5.75 Å². The topological polar surface area (TPSA) is 54.4 Å². The van der Waals surface area contributed by atoms with Crippen LogP contribution in [0.5, 0.6) is 5.75 Å². The summed E-state index contributed by atoms with van der Waals surface area (Å²) in [6, 6.07) is 3.52. The SMILES string of the molecule is COCCC1(CNCc2nc(C)ccc2O)CC1. The fourth-order valence-corrected chi connectivity index (χ4v) is 2.19. The Hall–Kier alpha value is -1.13. The number of aromatic hydroxyl groups is 1. The number of pyridine rings is 1. The summed E-state index contributed by atoms with van der Waals surface area (Å²) in [7, 11) is 1.75. The lowest BCUT2D eigenvalue weighted by Gasteiger charge is -2.15. The van der Waals surface area contributed by atoms with Crippen LogP contribution in [0.3, 0.4) is 0 Å². The van der Waals surface area contributed by atoms with Crippen molar-refractivity contribution in [3.63, 3.8) is 0 Å². The predicted molar refractivity (Wildman–Crippen MR) is 70.5 cm³/mol. The van der Waals surface area contributed by atoms with Crippen molar-refractivity contribution in [1.82, 2.24) is 10.3 Å². The maximum absolute atomic E-state index is 9.70. The first-order valence-corrected chi connectivity index (χ1v) is 6.50. The monoisotopic (exact) mass is 250 g/mol. The number of ether oxygens (including phenoxy) is 1. The molecule has 4 heteroatoms. The van der Waals surface area contributed by atoms with Crippen LogP contribution in [0.2, 0.25) is 0 Å². The zero-order chi connectivity index (χ0) is 13.0. The molecule has 2 rings (SSSR count). The quantitative estimate of drug-likeness (QED) is 0.777. The average Bonchev–Trinajstić information content (AvgIpc) is 3.12. The molecule has 0 atom stereocenters. The van der Waals surface area contributed by atoms with E-state index in [0.29, 0.717) is 12.0 Å². The van der Waals surface area contributed by atoms with Crippen molar-refractivity contribution >= 4 is 0 Å². The summed E-state index contributed by atoms with van der Waals surface area (Å²) in [5.41, 5.74) is 2.10. The molecule has 0 unspecified atom stereocenters. The number of aromatic nitrogens is 1. The predicted octanol–water partition coefficient (Wildman–Crippen LogP) is 2.00. The molecule has 2 N–H and O–H groups in total. The lowest BCUT2D eigenvalue weighted by atomic mass is 10.0. The fourth-order valence-electron chi connectivity index (χ4n) is 2.19. The third-order valence-electron chi connectivity index (χ3n) is 3.68. The molecule has 0 bridgehead atoms. The maximum atomic E-state index is 9.70. The summed E-state index contributed by atoms with van der Waals surface area (Å²) in [4.78, 5) is 4.34. The van der Waals surface area contributed by atoms with Gasteiger partial charge in [0.2, 0.25) is 0 Å². The summed E-state index contributed by atoms with van der Waals surface area (Å²) in [5.74, 6) is 0.273. The van der Waals surface area contributed by atoms with Gasteiger partial charge in [0.1, 0.15) is 5.75 Å². The van der Waals surface area contributed by atoms with E-state index in [1.54, 1.807) is 13.2 Å². The van der Waals surface area contributed by atoms with E-state index in [9.17, 15) is 5.11 Å². The maximum Gasteiger partial charge on any atom is 0.138 e. The number of hydrogen-bond donors (Lipinski definition) is 2. The molecule has 0 radical (unpaired) electrons. The molecule has 0 spiro atoms. The number of aryl methyl sites for hydroxylation is 1. The van der Waals surface area contributed by atoms with E-state index in [4.69, 9.17) is 4.74 Å². The minimum absolute atomic E-state index is 0.273. The highest BCUT2D eigenvalue weighted by Crippen LogP contribution is 2.48. The molecule has 4 nitrogen and oxygen atoms in total. The molecule has 1 saturated carbocycles. The number of rotatable bonds is 7. The molecule has 1 aromatic heterocycles. The molecule has 0 amide bonds. The third-order valence-corrected chi connectivity index (χ3v) is 3.68. The number of hydrogen-bond acceptors (Lipinski definition) is 4. The Morgan fingerprint density at radius 2 is 2.22 bits per heavy atom. The second-order valence-electron chi connectivity index (χ2n) is 5.26. The second kappa shape index (κ2) is 5.67. The first-order valence-electron chi connectivity index (χ1n) is 6.50. The van der Waals surface area contributed by atoms with Gasteiger partial charge in [-0.1, -0.05) is 0 Å². The van der Waals surface area contributed by atoms with Gasteiger partial charge in [-0.2, -0.15) is 0 Å². The molecule has 1 heterocycles. The molecular weight excluding hydrogens is 228 g/mol. The summed E-state index contributed by atoms with van der Waals surface area (Å²) >= 11 is 0. The van der Waals surface area contributed by atoms with E-state index in [0.717, 1.165) is 31.0 Å². The van der Waals surface area contributed by atoms with Crippen LogP contribution >= 0.6 is 0 Å². The number of nitrogens with one attached hydrogen (secondary N) is 1. The first-order chi connectivity index (χ1) is 8.65. The van der Waals surface area contributed by atoms with Gasteiger partial charge in [-0.25, -0.2) is 0 Å². The summed E-state index contributed by atoms with van der Waals surface area (Å²) < 4.78 is 5.14. The summed E-state index contributed by atoms with van der Waals surface area (Å²) in [6.07, 6.45) is 3.66. The third kappa shape index (κ3) is 3.43. The van der Waals surface area contributed by atoms with Gasteiger partial charge in [-0.3, -0.25) is 4.98 Å². The van der Waals surface area contributed by atoms with Crippen LogP contribution in [-0.4, -0.2) is 30.4 Å². The van der Waals surface area contributed by atoms with E-state index in [1.165, 1.54) is 12.8 Å². The normalized spacial score (nSPS) is 16.8. The summed E-state index contributed by atoms with van der Waals surface area (Å²) in [6.45, 7) is 4.37. The van der Waals surface area contributed by atoms with Crippen molar-refractivity contribution in [3.8, 4) is 5.75 Å². The summed E-state index contributed by atoms with van der Waals surface area (Å²) in [5, 5.41) is 13.1. The van der Waals surface area contributed by atoms with Gasteiger partial charge in [0.25, 0.3) is 0 Å². The van der Waals surface area contributed by atoms with Crippen LogP contribution in [0.1, 0.15) is 30.7 Å². The van der Waals surface area contributed by atoms with Crippen LogP contribution in [-0.2, 0) is 11.3 Å². The van der Waals surface area contributed by atoms with Gasteiger partial charge < -0.3 is 15.2 Å². The van der Waals surface area contributed by atoms with Crippen LogP contribution < -0.4 is 5.32 Å². The highest BCUT2D eigenvalue weighted by atomic mass is 16.5. The molecule has 1 aromatic rings. The minimum Gasteiger partial charge on any atom is -0.506 e. The van der Waals surface area contributed by atoms with Crippen LogP contribution in [0.15, 0.2) is 12.1 Å². The van der Waals surface area contributed by atoms with Gasteiger partial charge in [0, 0.05) is 32.5 Å². The molecule has 1 fully saturated rings. The van der Waals surface area contributed by atoms with Crippen molar-refractivity contribution in [2.45, 2.75) is 32.7 Å². The highest BCUT2D eigenvalue weighted by molar-refractivity contribution is 5.27. The smallest absolute Gasteiger partial charge is 0.138 e. The molecule has 0 aliphatic heterocycles. The van der Waals surface area contributed by atoms with Crippen molar-refractivity contribution in [3.05, 3.63) is 23.5 Å². The molecule has 1 aliphatic carbocycles. The van der Waals surface area contributed by atoms with Crippen molar-refractivity contribution in [2.24, 2.45) is 5.41 Å². The molecule has 18 heavy (non-hydrogen) atoms. The van der Waals surface area contributed by atoms with Crippen LogP contribution in [0.25, 0.3) is 0 Å². The molecular formula is C14H22N2O2. The van der Waals surface area contributed by atoms with Gasteiger partial charge in [0.15, 0.2) is 0 Å². The van der Waals surface area contributed by atoms with E-state index >= 15 is 0 Å². The lowest BCUT2D eigenvalue weighted by molar-refractivity contribution is 0.171. The highest BCUT2D eigenvalue weighted by Gasteiger charge is 2.41. The Bertz CT molecular complexity index is 403. The zero-order valence-electron chi connectivity index (χ0n) is 11.2. The van der Waals surface area contributed by atoms with E-state index in [1.807, 2.05) is 13.0 Å². The van der Waals surface area contributed by atoms with Crippen molar-refractivity contribution < 1.29 is 9.84 Å². The second-order valence-corrected chi connectivity index (χ2v) is 5.26. The Labute approximate surface area is 108 Å². The molecule has 1 aliphatic rings. The average molecular weight is 250 g/mol. The van der Waals surface area contributed by atoms with Crippen molar-refractivity contribution in [2.75, 3.05) is 20.3 Å². The Morgan fingerprint density at radius 1 is 1.44 bits per heavy atom. The van der Waals surface area contributed by atoms with Crippen molar-refractivity contribution in [1.29, 1.82) is 0 Å². The van der Waals surface area contributed by atoms with Crippen LogP contribution in [0, 0.1) is 12.3 Å². The van der Waals surface area contributed by atoms with Gasteiger partial charge in [-0.05, 0) is 43.7 Å².